The van der Waals surface area contributed by atoms with Crippen LogP contribution in [0.3, 0.4) is 0 Å². The van der Waals surface area contributed by atoms with E-state index < -0.39 is 0 Å². The van der Waals surface area contributed by atoms with Gasteiger partial charge in [-0.05, 0) is 76.1 Å². The Kier molecular flexibility index (Phi) is 8.10. The number of fused-ring (bicyclic) bond motifs is 1. The quantitative estimate of drug-likeness (QED) is 0.181. The van der Waals surface area contributed by atoms with Gasteiger partial charge in [0.25, 0.3) is 0 Å². The Morgan fingerprint density at radius 2 is 1.19 bits per heavy atom. The van der Waals surface area contributed by atoms with E-state index in [1.54, 1.807) is 0 Å². The first-order valence-electron chi connectivity index (χ1n) is 16.2. The van der Waals surface area contributed by atoms with Crippen LogP contribution in [0.5, 0.6) is 0 Å². The topological polar surface area (TPSA) is 25.8 Å². The molecule has 0 saturated carbocycles. The minimum absolute atomic E-state index is 0.192. The molecular formula is C45H38N2. The standard InChI is InChI=1S/C45H38N2/c1-5-32-27-38-25-24-37(29-41(38)45(3,4)40(32)26-31(2)33-16-9-6-10-17-33)36-22-15-23-39(28-36)43-30-42(34-18-11-7-12-19-34)46-44(47-43)35-20-13-8-14-21-35/h5-26,28-30H,1,27H2,2-4H3/b31-26+. The van der Waals surface area contributed by atoms with Crippen molar-refractivity contribution in [2.45, 2.75) is 32.6 Å². The number of allylic oxidation sites excluding steroid dienone is 5. The molecule has 0 atom stereocenters. The summed E-state index contributed by atoms with van der Waals surface area (Å²) in [4.78, 5) is 10.1. The fraction of sp³-hybridized carbons (Fsp3) is 0.111. The van der Waals surface area contributed by atoms with Crippen LogP contribution in [0.15, 0.2) is 169 Å². The summed E-state index contributed by atoms with van der Waals surface area (Å²) in [5, 5.41) is 0. The highest BCUT2D eigenvalue weighted by molar-refractivity contribution is 5.77. The molecule has 7 rings (SSSR count). The van der Waals surface area contributed by atoms with E-state index in [1.807, 2.05) is 30.3 Å². The van der Waals surface area contributed by atoms with Crippen molar-refractivity contribution in [1.82, 2.24) is 9.97 Å². The Labute approximate surface area is 278 Å². The molecule has 6 aromatic rings. The lowest BCUT2D eigenvalue weighted by molar-refractivity contribution is 0.611. The van der Waals surface area contributed by atoms with Crippen LogP contribution in [-0.2, 0) is 11.8 Å². The molecule has 1 aliphatic rings. The third kappa shape index (κ3) is 6.03. The van der Waals surface area contributed by atoms with Gasteiger partial charge in [0.15, 0.2) is 5.82 Å². The molecule has 1 aliphatic carbocycles. The summed E-state index contributed by atoms with van der Waals surface area (Å²) < 4.78 is 0. The van der Waals surface area contributed by atoms with Crippen molar-refractivity contribution in [1.29, 1.82) is 0 Å². The zero-order valence-corrected chi connectivity index (χ0v) is 27.2. The predicted octanol–water partition coefficient (Wildman–Crippen LogP) is 11.6. The normalized spacial score (nSPS) is 14.1. The van der Waals surface area contributed by atoms with Crippen LogP contribution in [0.1, 0.15) is 37.5 Å². The van der Waals surface area contributed by atoms with Crippen molar-refractivity contribution in [3.05, 3.63) is 186 Å². The highest BCUT2D eigenvalue weighted by Gasteiger charge is 2.33. The SMILES string of the molecule is C=CC1=C(/C=C(\C)c2ccccc2)C(C)(C)c2cc(-c3cccc(-c4cc(-c5ccccc5)nc(-c5ccccc5)n4)c3)ccc2C1. The number of hydrogen-bond donors (Lipinski definition) is 0. The number of rotatable bonds is 7. The Morgan fingerprint density at radius 3 is 1.87 bits per heavy atom. The lowest BCUT2D eigenvalue weighted by Gasteiger charge is -2.36. The van der Waals surface area contributed by atoms with E-state index in [4.69, 9.17) is 9.97 Å². The number of nitrogens with zero attached hydrogens (tertiary/aromatic N) is 2. The van der Waals surface area contributed by atoms with Crippen molar-refractivity contribution in [2.24, 2.45) is 0 Å². The molecule has 228 valence electrons. The van der Waals surface area contributed by atoms with Gasteiger partial charge in [-0.3, -0.25) is 0 Å². The Hall–Kier alpha value is -5.60. The van der Waals surface area contributed by atoms with Gasteiger partial charge < -0.3 is 0 Å². The van der Waals surface area contributed by atoms with Crippen LogP contribution < -0.4 is 0 Å². The van der Waals surface area contributed by atoms with E-state index in [-0.39, 0.29) is 5.41 Å². The Balaban J connectivity index is 1.29. The highest BCUT2D eigenvalue weighted by atomic mass is 14.9. The monoisotopic (exact) mass is 606 g/mol. The fourth-order valence-electron chi connectivity index (χ4n) is 6.72. The van der Waals surface area contributed by atoms with Gasteiger partial charge in [-0.15, -0.1) is 0 Å². The van der Waals surface area contributed by atoms with Crippen LogP contribution >= 0.6 is 0 Å². The molecule has 0 N–H and O–H groups in total. The van der Waals surface area contributed by atoms with Crippen molar-refractivity contribution in [3.63, 3.8) is 0 Å². The van der Waals surface area contributed by atoms with Crippen LogP contribution in [-0.4, -0.2) is 9.97 Å². The minimum atomic E-state index is -0.192. The molecule has 47 heavy (non-hydrogen) atoms. The second kappa shape index (κ2) is 12.7. The third-order valence-corrected chi connectivity index (χ3v) is 9.34. The zero-order valence-electron chi connectivity index (χ0n) is 27.2. The molecule has 0 unspecified atom stereocenters. The van der Waals surface area contributed by atoms with E-state index in [2.05, 4.69) is 149 Å². The predicted molar refractivity (Wildman–Crippen MR) is 198 cm³/mol. The summed E-state index contributed by atoms with van der Waals surface area (Å²) >= 11 is 0. The summed E-state index contributed by atoms with van der Waals surface area (Å²) in [5.41, 5.74) is 15.0. The molecular weight excluding hydrogens is 569 g/mol. The molecule has 2 heteroatoms. The number of benzene rings is 5. The lowest BCUT2D eigenvalue weighted by atomic mass is 9.67. The van der Waals surface area contributed by atoms with Gasteiger partial charge in [0.1, 0.15) is 0 Å². The third-order valence-electron chi connectivity index (χ3n) is 9.34. The van der Waals surface area contributed by atoms with Crippen molar-refractivity contribution in [2.75, 3.05) is 0 Å². The first-order chi connectivity index (χ1) is 22.9. The number of hydrogen-bond acceptors (Lipinski definition) is 2. The number of aromatic nitrogens is 2. The second-order valence-electron chi connectivity index (χ2n) is 12.8. The molecule has 0 fully saturated rings. The van der Waals surface area contributed by atoms with Crippen molar-refractivity contribution >= 4 is 5.57 Å². The second-order valence-corrected chi connectivity index (χ2v) is 12.8. The van der Waals surface area contributed by atoms with E-state index >= 15 is 0 Å². The van der Waals surface area contributed by atoms with Crippen LogP contribution in [0.4, 0.5) is 0 Å². The maximum absolute atomic E-state index is 5.07. The van der Waals surface area contributed by atoms with Gasteiger partial charge in [-0.25, -0.2) is 9.97 Å². The molecule has 1 heterocycles. The molecule has 0 amide bonds. The molecule has 0 radical (unpaired) electrons. The van der Waals surface area contributed by atoms with Gasteiger partial charge in [0.2, 0.25) is 0 Å². The lowest BCUT2D eigenvalue weighted by Crippen LogP contribution is -2.27. The molecule has 1 aromatic heterocycles. The average molecular weight is 607 g/mol. The fourth-order valence-corrected chi connectivity index (χ4v) is 6.72. The van der Waals surface area contributed by atoms with Gasteiger partial charge in [-0.1, -0.05) is 154 Å². The van der Waals surface area contributed by atoms with E-state index in [9.17, 15) is 0 Å². The molecule has 0 saturated heterocycles. The Morgan fingerprint density at radius 1 is 0.617 bits per heavy atom. The van der Waals surface area contributed by atoms with Gasteiger partial charge in [0, 0.05) is 22.1 Å². The largest absolute Gasteiger partial charge is 0.228 e. The van der Waals surface area contributed by atoms with Crippen molar-refractivity contribution < 1.29 is 0 Å². The molecule has 5 aromatic carbocycles. The minimum Gasteiger partial charge on any atom is -0.228 e. The average Bonchev–Trinajstić information content (AvgIpc) is 3.13. The summed E-state index contributed by atoms with van der Waals surface area (Å²) in [7, 11) is 0. The highest BCUT2D eigenvalue weighted by Crippen LogP contribution is 2.44. The summed E-state index contributed by atoms with van der Waals surface area (Å²) in [5.74, 6) is 0.721. The summed E-state index contributed by atoms with van der Waals surface area (Å²) in [6, 6.07) is 49.0. The van der Waals surface area contributed by atoms with Crippen LogP contribution in [0, 0.1) is 0 Å². The first kappa shape index (κ1) is 30.1. The smallest absolute Gasteiger partial charge is 0.160 e. The Bertz CT molecular complexity index is 2080. The van der Waals surface area contributed by atoms with E-state index in [1.165, 1.54) is 44.5 Å². The zero-order chi connectivity index (χ0) is 32.4. The van der Waals surface area contributed by atoms with Crippen molar-refractivity contribution in [3.8, 4) is 45.0 Å². The van der Waals surface area contributed by atoms with Gasteiger partial charge in [-0.2, -0.15) is 0 Å². The first-order valence-corrected chi connectivity index (χ1v) is 16.2. The molecule has 2 nitrogen and oxygen atoms in total. The van der Waals surface area contributed by atoms with Crippen LogP contribution in [0.25, 0.3) is 50.6 Å². The molecule has 0 aliphatic heterocycles. The summed E-state index contributed by atoms with van der Waals surface area (Å²) in [6.45, 7) is 11.1. The molecule has 0 spiro atoms. The van der Waals surface area contributed by atoms with E-state index in [0.29, 0.717) is 0 Å². The van der Waals surface area contributed by atoms with Gasteiger partial charge >= 0.3 is 0 Å². The molecule has 0 bridgehead atoms. The van der Waals surface area contributed by atoms with Crippen LogP contribution in [0.2, 0.25) is 0 Å². The summed E-state index contributed by atoms with van der Waals surface area (Å²) in [6.07, 6.45) is 5.29. The maximum atomic E-state index is 5.07. The van der Waals surface area contributed by atoms with E-state index in [0.717, 1.165) is 40.3 Å². The van der Waals surface area contributed by atoms with Gasteiger partial charge in [0.05, 0.1) is 11.4 Å². The maximum Gasteiger partial charge on any atom is 0.160 e.